The number of nitrogens with one attached hydrogen (secondary N) is 1. The highest BCUT2D eigenvalue weighted by Crippen LogP contribution is 2.18. The van der Waals surface area contributed by atoms with Crippen molar-refractivity contribution in [1.29, 1.82) is 0 Å². The van der Waals surface area contributed by atoms with E-state index >= 15 is 0 Å². The number of H-pyrrole nitrogens is 1. The van der Waals surface area contributed by atoms with Crippen LogP contribution in [0.5, 0.6) is 5.75 Å². The summed E-state index contributed by atoms with van der Waals surface area (Å²) in [7, 11) is 1.60. The summed E-state index contributed by atoms with van der Waals surface area (Å²) in [4.78, 5) is 19.7. The number of aromatic amines is 1. The van der Waals surface area contributed by atoms with Gasteiger partial charge in [0.25, 0.3) is 5.56 Å². The molecule has 0 aliphatic rings. The lowest BCUT2D eigenvalue weighted by atomic mass is 10.1. The van der Waals surface area contributed by atoms with Crippen LogP contribution in [0.3, 0.4) is 0 Å². The molecule has 2 aromatic heterocycles. The van der Waals surface area contributed by atoms with Crippen LogP contribution in [-0.4, -0.2) is 21.6 Å². The van der Waals surface area contributed by atoms with Crippen molar-refractivity contribution in [3.63, 3.8) is 0 Å². The van der Waals surface area contributed by atoms with E-state index in [0.29, 0.717) is 28.9 Å². The van der Waals surface area contributed by atoms with Gasteiger partial charge >= 0.3 is 0 Å². The molecule has 4 aromatic rings. The molecule has 26 heavy (non-hydrogen) atoms. The first kappa shape index (κ1) is 16.1. The van der Waals surface area contributed by atoms with Crippen molar-refractivity contribution < 1.29 is 4.74 Å². The summed E-state index contributed by atoms with van der Waals surface area (Å²) >= 11 is 0. The normalized spacial score (nSPS) is 11.0. The van der Waals surface area contributed by atoms with Crippen LogP contribution in [0.2, 0.25) is 0 Å². The number of hydrogen-bond donors (Lipinski definition) is 1. The lowest BCUT2D eigenvalue weighted by Crippen LogP contribution is -2.12. The lowest BCUT2D eigenvalue weighted by molar-refractivity contribution is 0.415. The molecule has 130 valence electrons. The maximum absolute atomic E-state index is 12.3. The van der Waals surface area contributed by atoms with E-state index in [1.54, 1.807) is 25.3 Å². The average molecular weight is 345 g/mol. The highest BCUT2D eigenvalue weighted by atomic mass is 16.5. The molecule has 0 fully saturated rings. The fourth-order valence-corrected chi connectivity index (χ4v) is 3.02. The van der Waals surface area contributed by atoms with E-state index in [0.717, 1.165) is 11.3 Å². The SMILES string of the molecule is COc1ccc2c(=O)[nH]c(Cc3ccc(-n4ccc(C)c4)cc3)nc2c1. The Morgan fingerprint density at radius 3 is 2.62 bits per heavy atom. The Balaban J connectivity index is 1.63. The molecular formula is C21H19N3O2. The third-order valence-electron chi connectivity index (χ3n) is 4.41. The summed E-state index contributed by atoms with van der Waals surface area (Å²) in [5, 5.41) is 0.563. The fourth-order valence-electron chi connectivity index (χ4n) is 3.02. The largest absolute Gasteiger partial charge is 0.497 e. The molecule has 2 heterocycles. The summed E-state index contributed by atoms with van der Waals surface area (Å²) in [6, 6.07) is 15.6. The van der Waals surface area contributed by atoms with Gasteiger partial charge in [-0.1, -0.05) is 12.1 Å². The van der Waals surface area contributed by atoms with Crippen LogP contribution in [0.1, 0.15) is 17.0 Å². The van der Waals surface area contributed by atoms with Gasteiger partial charge in [0.2, 0.25) is 0 Å². The molecule has 5 heteroatoms. The molecular weight excluding hydrogens is 326 g/mol. The Morgan fingerprint density at radius 1 is 1.12 bits per heavy atom. The molecule has 0 bridgehead atoms. The topological polar surface area (TPSA) is 59.9 Å². The predicted octanol–water partition coefficient (Wildman–Crippen LogP) is 3.62. The molecule has 0 unspecified atom stereocenters. The number of methoxy groups -OCH3 is 1. The van der Waals surface area contributed by atoms with E-state index in [9.17, 15) is 4.79 Å². The van der Waals surface area contributed by atoms with Crippen molar-refractivity contribution in [1.82, 2.24) is 14.5 Å². The van der Waals surface area contributed by atoms with Crippen LogP contribution in [0.4, 0.5) is 0 Å². The van der Waals surface area contributed by atoms with Gasteiger partial charge in [-0.25, -0.2) is 4.98 Å². The zero-order chi connectivity index (χ0) is 18.1. The minimum atomic E-state index is -0.132. The number of aromatic nitrogens is 3. The van der Waals surface area contributed by atoms with Crippen molar-refractivity contribution in [3.05, 3.63) is 88.2 Å². The number of aryl methyl sites for hydroxylation is 1. The van der Waals surface area contributed by atoms with Crippen molar-refractivity contribution in [2.75, 3.05) is 7.11 Å². The van der Waals surface area contributed by atoms with E-state index in [4.69, 9.17) is 4.74 Å². The van der Waals surface area contributed by atoms with E-state index < -0.39 is 0 Å². The van der Waals surface area contributed by atoms with Gasteiger partial charge in [-0.05, 0) is 48.4 Å². The first-order valence-electron chi connectivity index (χ1n) is 8.43. The number of benzene rings is 2. The van der Waals surface area contributed by atoms with Crippen molar-refractivity contribution in [3.8, 4) is 11.4 Å². The van der Waals surface area contributed by atoms with E-state index in [-0.39, 0.29) is 5.56 Å². The maximum atomic E-state index is 12.3. The second-order valence-corrected chi connectivity index (χ2v) is 6.34. The van der Waals surface area contributed by atoms with Gasteiger partial charge in [0.15, 0.2) is 0 Å². The van der Waals surface area contributed by atoms with E-state index in [1.807, 2.05) is 6.20 Å². The third-order valence-corrected chi connectivity index (χ3v) is 4.41. The lowest BCUT2D eigenvalue weighted by Gasteiger charge is -2.07. The number of nitrogens with zero attached hydrogens (tertiary/aromatic N) is 2. The summed E-state index contributed by atoms with van der Waals surface area (Å²) in [5.74, 6) is 1.33. The molecule has 5 nitrogen and oxygen atoms in total. The Kier molecular flexibility index (Phi) is 4.05. The second kappa shape index (κ2) is 6.52. The fraction of sp³-hybridized carbons (Fsp3) is 0.143. The van der Waals surface area contributed by atoms with Gasteiger partial charge in [0.1, 0.15) is 11.6 Å². The molecule has 2 aromatic carbocycles. The summed E-state index contributed by atoms with van der Waals surface area (Å²) in [6.07, 6.45) is 4.69. The molecule has 0 aliphatic carbocycles. The maximum Gasteiger partial charge on any atom is 0.258 e. The smallest absolute Gasteiger partial charge is 0.258 e. The number of ether oxygens (including phenoxy) is 1. The van der Waals surface area contributed by atoms with Crippen molar-refractivity contribution in [2.24, 2.45) is 0 Å². The van der Waals surface area contributed by atoms with Gasteiger partial charge in [0, 0.05) is 30.6 Å². The zero-order valence-corrected chi connectivity index (χ0v) is 14.7. The second-order valence-electron chi connectivity index (χ2n) is 6.34. The number of rotatable bonds is 4. The highest BCUT2D eigenvalue weighted by Gasteiger charge is 2.07. The van der Waals surface area contributed by atoms with E-state index in [1.165, 1.54) is 5.56 Å². The number of hydrogen-bond acceptors (Lipinski definition) is 3. The molecule has 4 rings (SSSR count). The Morgan fingerprint density at radius 2 is 1.92 bits per heavy atom. The molecule has 0 amide bonds. The van der Waals surface area contributed by atoms with Crippen LogP contribution in [0, 0.1) is 6.92 Å². The monoisotopic (exact) mass is 345 g/mol. The molecule has 0 aliphatic heterocycles. The highest BCUT2D eigenvalue weighted by molar-refractivity contribution is 5.79. The Labute approximate surface area is 150 Å². The third kappa shape index (κ3) is 3.11. The van der Waals surface area contributed by atoms with Crippen LogP contribution in [0.25, 0.3) is 16.6 Å². The van der Waals surface area contributed by atoms with E-state index in [2.05, 4.69) is 58.0 Å². The molecule has 0 atom stereocenters. The average Bonchev–Trinajstić information content (AvgIpc) is 3.08. The van der Waals surface area contributed by atoms with Gasteiger partial charge in [-0.3, -0.25) is 4.79 Å². The molecule has 1 N–H and O–H groups in total. The minimum absolute atomic E-state index is 0.132. The zero-order valence-electron chi connectivity index (χ0n) is 14.7. The summed E-state index contributed by atoms with van der Waals surface area (Å²) < 4.78 is 7.31. The first-order chi connectivity index (χ1) is 12.6. The summed E-state index contributed by atoms with van der Waals surface area (Å²) in [6.45, 7) is 2.07. The van der Waals surface area contributed by atoms with Crippen molar-refractivity contribution >= 4 is 10.9 Å². The molecule has 0 saturated carbocycles. The first-order valence-corrected chi connectivity index (χ1v) is 8.43. The van der Waals surface area contributed by atoms with Gasteiger partial charge in [-0.15, -0.1) is 0 Å². The van der Waals surface area contributed by atoms with Crippen LogP contribution >= 0.6 is 0 Å². The Hall–Kier alpha value is -3.34. The van der Waals surface area contributed by atoms with Crippen LogP contribution in [0.15, 0.2) is 65.7 Å². The molecule has 0 saturated heterocycles. The molecule has 0 spiro atoms. The molecule has 0 radical (unpaired) electrons. The quantitative estimate of drug-likeness (QED) is 0.614. The Bertz CT molecular complexity index is 1120. The summed E-state index contributed by atoms with van der Waals surface area (Å²) in [5.41, 5.74) is 3.92. The van der Waals surface area contributed by atoms with Gasteiger partial charge < -0.3 is 14.3 Å². The van der Waals surface area contributed by atoms with Crippen LogP contribution in [-0.2, 0) is 6.42 Å². The number of fused-ring (bicyclic) bond motifs is 1. The van der Waals surface area contributed by atoms with Gasteiger partial charge in [-0.2, -0.15) is 0 Å². The van der Waals surface area contributed by atoms with Crippen LogP contribution < -0.4 is 10.3 Å². The van der Waals surface area contributed by atoms with Gasteiger partial charge in [0.05, 0.1) is 18.0 Å². The standard InChI is InChI=1S/C21H19N3O2/c1-14-9-10-24(13-14)16-5-3-15(4-6-16)11-20-22-19-12-17(26-2)7-8-18(19)21(25)23-20/h3-10,12-13H,11H2,1-2H3,(H,22,23,25). The van der Waals surface area contributed by atoms with Crippen molar-refractivity contribution in [2.45, 2.75) is 13.3 Å². The predicted molar refractivity (Wildman–Crippen MR) is 102 cm³/mol. The minimum Gasteiger partial charge on any atom is -0.497 e.